The van der Waals surface area contributed by atoms with Crippen molar-refractivity contribution in [3.63, 3.8) is 0 Å². The smallest absolute Gasteiger partial charge is 0.347 e. The Morgan fingerprint density at radius 1 is 1.32 bits per heavy atom. The Hall–Kier alpha value is -1.93. The molecule has 0 bridgehead atoms. The number of carboxylic acid groups (broad SMARTS) is 1. The number of nitrogens with one attached hydrogen (secondary N) is 1. The van der Waals surface area contributed by atoms with Gasteiger partial charge in [-0.1, -0.05) is 6.92 Å². The molecule has 134 valence electrons. The number of rotatable bonds is 7. The van der Waals surface area contributed by atoms with Crippen LogP contribution in [-0.2, 0) is 4.79 Å². The van der Waals surface area contributed by atoms with Crippen LogP contribution in [0.1, 0.15) is 40.3 Å². The molecule has 2 N–H and O–H groups in total. The van der Waals surface area contributed by atoms with Crippen molar-refractivity contribution in [2.75, 3.05) is 5.75 Å². The number of aromatic nitrogens is 1. The van der Waals surface area contributed by atoms with Gasteiger partial charge in [-0.05, 0) is 38.1 Å². The fourth-order valence-electron chi connectivity index (χ4n) is 2.05. The highest BCUT2D eigenvalue weighted by atomic mass is 32.2. The number of nitrogens with zero attached hydrogens (tertiary/aromatic N) is 1. The summed E-state index contributed by atoms with van der Waals surface area (Å²) in [7, 11) is 0. The number of amides is 1. The molecule has 25 heavy (non-hydrogen) atoms. The van der Waals surface area contributed by atoms with Crippen LogP contribution in [0.2, 0.25) is 0 Å². The predicted octanol–water partition coefficient (Wildman–Crippen LogP) is 3.89. The van der Waals surface area contributed by atoms with Crippen LogP contribution >= 0.6 is 23.1 Å². The molecule has 0 aliphatic carbocycles. The van der Waals surface area contributed by atoms with Crippen LogP contribution in [0.3, 0.4) is 0 Å². The lowest BCUT2D eigenvalue weighted by Gasteiger charge is -2.15. The lowest BCUT2D eigenvalue weighted by molar-refractivity contribution is -0.124. The zero-order valence-electron chi connectivity index (χ0n) is 14.1. The summed E-state index contributed by atoms with van der Waals surface area (Å²) < 4.78 is 12.9. The van der Waals surface area contributed by atoms with Crippen molar-refractivity contribution in [2.45, 2.75) is 31.7 Å². The first-order valence-corrected chi connectivity index (χ1v) is 9.47. The minimum absolute atomic E-state index is 0.133. The molecule has 0 aliphatic heterocycles. The van der Waals surface area contributed by atoms with Crippen LogP contribution in [0.25, 0.3) is 0 Å². The zero-order valence-corrected chi connectivity index (χ0v) is 15.7. The van der Waals surface area contributed by atoms with E-state index in [1.54, 1.807) is 26.0 Å². The minimum Gasteiger partial charge on any atom is -0.477 e. The number of halogens is 1. The van der Waals surface area contributed by atoms with E-state index < -0.39 is 5.97 Å². The molecule has 8 heteroatoms. The molecule has 1 heterocycles. The number of aryl methyl sites for hydroxylation is 1. The third-order valence-corrected chi connectivity index (χ3v) is 6.10. The molecule has 0 spiro atoms. The highest BCUT2D eigenvalue weighted by molar-refractivity contribution is 7.99. The first kappa shape index (κ1) is 19.4. The van der Waals surface area contributed by atoms with Crippen LogP contribution in [0.5, 0.6) is 0 Å². The number of hydrogen-bond donors (Lipinski definition) is 2. The number of hydrogen-bond acceptors (Lipinski definition) is 5. The van der Waals surface area contributed by atoms with E-state index in [-0.39, 0.29) is 28.6 Å². The number of carbonyl (C=O) groups excluding carboxylic acids is 1. The standard InChI is InChI=1S/C17H19FN2O3S2/c1-9(8-24-13-6-4-12(18)5-7-13)15(21)19-11(3)16-20-10(2)14(25-16)17(22)23/h4-7,9,11H,8H2,1-3H3,(H,19,21)(H,22,23). The van der Waals surface area contributed by atoms with Gasteiger partial charge in [0.25, 0.3) is 0 Å². The number of carboxylic acids is 1. The quantitative estimate of drug-likeness (QED) is 0.710. The Kier molecular flexibility index (Phi) is 6.55. The molecule has 1 aromatic heterocycles. The van der Waals surface area contributed by atoms with Gasteiger partial charge >= 0.3 is 5.97 Å². The topological polar surface area (TPSA) is 79.3 Å². The maximum absolute atomic E-state index is 12.9. The van der Waals surface area contributed by atoms with Crippen LogP contribution in [0.15, 0.2) is 29.2 Å². The van der Waals surface area contributed by atoms with E-state index >= 15 is 0 Å². The van der Waals surface area contributed by atoms with Crippen molar-refractivity contribution >= 4 is 35.0 Å². The number of aromatic carboxylic acids is 1. The highest BCUT2D eigenvalue weighted by Gasteiger charge is 2.21. The molecule has 0 saturated carbocycles. The first-order chi connectivity index (χ1) is 11.8. The Morgan fingerprint density at radius 2 is 1.96 bits per heavy atom. The van der Waals surface area contributed by atoms with Gasteiger partial charge in [-0.25, -0.2) is 14.2 Å². The highest BCUT2D eigenvalue weighted by Crippen LogP contribution is 2.25. The zero-order chi connectivity index (χ0) is 18.6. The summed E-state index contributed by atoms with van der Waals surface area (Å²) >= 11 is 2.56. The number of thiazole rings is 1. The third kappa shape index (κ3) is 5.27. The second kappa shape index (κ2) is 8.44. The monoisotopic (exact) mass is 382 g/mol. The van der Waals surface area contributed by atoms with Crippen LogP contribution in [-0.4, -0.2) is 27.7 Å². The maximum atomic E-state index is 12.9. The number of thioether (sulfide) groups is 1. The van der Waals surface area contributed by atoms with Crippen LogP contribution in [0, 0.1) is 18.7 Å². The van der Waals surface area contributed by atoms with Crippen molar-refractivity contribution in [3.05, 3.63) is 45.7 Å². The van der Waals surface area contributed by atoms with Gasteiger partial charge in [0, 0.05) is 16.6 Å². The van der Waals surface area contributed by atoms with Crippen molar-refractivity contribution in [1.29, 1.82) is 0 Å². The average Bonchev–Trinajstić information content (AvgIpc) is 2.96. The summed E-state index contributed by atoms with van der Waals surface area (Å²) in [6.07, 6.45) is 0. The van der Waals surface area contributed by atoms with E-state index in [4.69, 9.17) is 5.11 Å². The van der Waals surface area contributed by atoms with Crippen LogP contribution in [0.4, 0.5) is 4.39 Å². The Labute approximate surface area is 153 Å². The Bertz CT molecular complexity index is 762. The van der Waals surface area contributed by atoms with E-state index in [1.165, 1.54) is 23.9 Å². The lowest BCUT2D eigenvalue weighted by atomic mass is 10.2. The van der Waals surface area contributed by atoms with Gasteiger partial charge in [0.2, 0.25) is 5.91 Å². The fourth-order valence-corrected chi connectivity index (χ4v) is 3.88. The van der Waals surface area contributed by atoms with Crippen molar-refractivity contribution < 1.29 is 19.1 Å². The molecule has 1 aromatic carbocycles. The summed E-state index contributed by atoms with van der Waals surface area (Å²) in [6.45, 7) is 5.23. The fraction of sp³-hybridized carbons (Fsp3) is 0.353. The number of benzene rings is 1. The molecule has 1 amide bonds. The van der Waals surface area contributed by atoms with E-state index in [1.807, 2.05) is 6.92 Å². The van der Waals surface area contributed by atoms with Gasteiger partial charge < -0.3 is 10.4 Å². The Balaban J connectivity index is 1.90. The molecule has 0 fully saturated rings. The molecule has 2 rings (SSSR count). The average molecular weight is 382 g/mol. The molecular weight excluding hydrogens is 363 g/mol. The minimum atomic E-state index is -1.01. The van der Waals surface area contributed by atoms with E-state index in [0.29, 0.717) is 16.5 Å². The SMILES string of the molecule is Cc1nc(C(C)NC(=O)C(C)CSc2ccc(F)cc2)sc1C(=O)O. The van der Waals surface area contributed by atoms with Gasteiger partial charge in [-0.15, -0.1) is 23.1 Å². The molecule has 0 radical (unpaired) electrons. The summed E-state index contributed by atoms with van der Waals surface area (Å²) in [4.78, 5) is 28.7. The third-order valence-electron chi connectivity index (χ3n) is 3.50. The number of carbonyl (C=O) groups is 2. The largest absolute Gasteiger partial charge is 0.477 e. The van der Waals surface area contributed by atoms with Gasteiger partial charge in [-0.2, -0.15) is 0 Å². The Morgan fingerprint density at radius 3 is 2.52 bits per heavy atom. The second-order valence-corrected chi connectivity index (χ2v) is 7.79. The van der Waals surface area contributed by atoms with Crippen molar-refractivity contribution in [2.24, 2.45) is 5.92 Å². The molecule has 0 saturated heterocycles. The van der Waals surface area contributed by atoms with E-state index in [9.17, 15) is 14.0 Å². The summed E-state index contributed by atoms with van der Waals surface area (Å²) in [5.41, 5.74) is 0.452. The van der Waals surface area contributed by atoms with Gasteiger partial charge in [-0.3, -0.25) is 4.79 Å². The second-order valence-electron chi connectivity index (χ2n) is 5.67. The normalized spacial score (nSPS) is 13.3. The first-order valence-electron chi connectivity index (χ1n) is 7.67. The molecule has 2 aromatic rings. The van der Waals surface area contributed by atoms with Gasteiger partial charge in [0.05, 0.1) is 11.7 Å². The summed E-state index contributed by atoms with van der Waals surface area (Å²) in [6, 6.07) is 5.78. The molecular formula is C17H19FN2O3S2. The van der Waals surface area contributed by atoms with Gasteiger partial charge in [0.1, 0.15) is 15.7 Å². The summed E-state index contributed by atoms with van der Waals surface area (Å²) in [5.74, 6) is -1.13. The van der Waals surface area contributed by atoms with Gasteiger partial charge in [0.15, 0.2) is 0 Å². The lowest BCUT2D eigenvalue weighted by Crippen LogP contribution is -2.32. The molecule has 0 aliphatic rings. The summed E-state index contributed by atoms with van der Waals surface area (Å²) in [5, 5.41) is 12.5. The maximum Gasteiger partial charge on any atom is 0.347 e. The van der Waals surface area contributed by atoms with E-state index in [2.05, 4.69) is 10.3 Å². The van der Waals surface area contributed by atoms with Crippen molar-refractivity contribution in [3.8, 4) is 0 Å². The van der Waals surface area contributed by atoms with E-state index in [0.717, 1.165) is 16.2 Å². The van der Waals surface area contributed by atoms with Crippen molar-refractivity contribution in [1.82, 2.24) is 10.3 Å². The predicted molar refractivity (Wildman–Crippen MR) is 96.7 cm³/mol. The molecule has 5 nitrogen and oxygen atoms in total. The van der Waals surface area contributed by atoms with Crippen LogP contribution < -0.4 is 5.32 Å². The molecule has 2 atom stereocenters. The molecule has 2 unspecified atom stereocenters.